The number of unbranched alkanes of at least 4 members (excludes halogenated alkanes) is 1. The van der Waals surface area contributed by atoms with Crippen molar-refractivity contribution in [2.75, 3.05) is 7.05 Å². The van der Waals surface area contributed by atoms with Crippen molar-refractivity contribution in [3.63, 3.8) is 0 Å². The standard InChI is InChI=1S/C12H19NS/c1-3-4-5-7-11(13-2)10-12-8-6-9-14-12/h3,6,8-9,11,13H,1,4-5,7,10H2,2H3. The van der Waals surface area contributed by atoms with Gasteiger partial charge in [0.2, 0.25) is 0 Å². The maximum absolute atomic E-state index is 3.74. The van der Waals surface area contributed by atoms with Gasteiger partial charge in [0.05, 0.1) is 0 Å². The highest BCUT2D eigenvalue weighted by Gasteiger charge is 2.06. The zero-order chi connectivity index (χ0) is 10.2. The van der Waals surface area contributed by atoms with Crippen molar-refractivity contribution in [3.8, 4) is 0 Å². The first-order valence-corrected chi connectivity index (χ1v) is 6.05. The van der Waals surface area contributed by atoms with E-state index in [9.17, 15) is 0 Å². The van der Waals surface area contributed by atoms with Crippen molar-refractivity contribution < 1.29 is 0 Å². The van der Waals surface area contributed by atoms with Gasteiger partial charge >= 0.3 is 0 Å². The molecule has 78 valence electrons. The van der Waals surface area contributed by atoms with Gasteiger partial charge in [-0.2, -0.15) is 0 Å². The zero-order valence-corrected chi connectivity index (χ0v) is 9.65. The second-order valence-corrected chi connectivity index (χ2v) is 4.52. The fourth-order valence-corrected chi connectivity index (χ4v) is 2.32. The number of likely N-dealkylation sites (N-methyl/N-ethyl adjacent to an activating group) is 1. The highest BCUT2D eigenvalue weighted by atomic mass is 32.1. The van der Waals surface area contributed by atoms with Gasteiger partial charge in [-0.25, -0.2) is 0 Å². The molecule has 0 bridgehead atoms. The molecule has 14 heavy (non-hydrogen) atoms. The molecule has 0 saturated carbocycles. The number of hydrogen-bond donors (Lipinski definition) is 1. The number of nitrogens with one attached hydrogen (secondary N) is 1. The summed E-state index contributed by atoms with van der Waals surface area (Å²) in [6.07, 6.45) is 6.76. The van der Waals surface area contributed by atoms with E-state index in [1.54, 1.807) is 0 Å². The van der Waals surface area contributed by atoms with Gasteiger partial charge < -0.3 is 5.32 Å². The van der Waals surface area contributed by atoms with Crippen molar-refractivity contribution in [1.29, 1.82) is 0 Å². The summed E-state index contributed by atoms with van der Waals surface area (Å²) in [6.45, 7) is 3.74. The van der Waals surface area contributed by atoms with Crippen molar-refractivity contribution in [3.05, 3.63) is 35.0 Å². The van der Waals surface area contributed by atoms with Crippen molar-refractivity contribution in [2.24, 2.45) is 0 Å². The van der Waals surface area contributed by atoms with Gasteiger partial charge in [0.15, 0.2) is 0 Å². The molecule has 0 aromatic carbocycles. The summed E-state index contributed by atoms with van der Waals surface area (Å²) in [6, 6.07) is 4.95. The lowest BCUT2D eigenvalue weighted by Crippen LogP contribution is -2.27. The smallest absolute Gasteiger partial charge is 0.0112 e. The second kappa shape index (κ2) is 6.80. The summed E-state index contributed by atoms with van der Waals surface area (Å²) < 4.78 is 0. The summed E-state index contributed by atoms with van der Waals surface area (Å²) in [4.78, 5) is 1.47. The average molecular weight is 209 g/mol. The summed E-state index contributed by atoms with van der Waals surface area (Å²) >= 11 is 1.85. The fraction of sp³-hybridized carbons (Fsp3) is 0.500. The van der Waals surface area contributed by atoms with Gasteiger partial charge in [0, 0.05) is 10.9 Å². The van der Waals surface area contributed by atoms with Crippen molar-refractivity contribution in [1.82, 2.24) is 5.32 Å². The van der Waals surface area contributed by atoms with E-state index >= 15 is 0 Å². The minimum absolute atomic E-state index is 0.619. The van der Waals surface area contributed by atoms with E-state index in [0.717, 1.165) is 12.8 Å². The van der Waals surface area contributed by atoms with Gasteiger partial charge in [-0.3, -0.25) is 0 Å². The number of thiophene rings is 1. The molecule has 0 radical (unpaired) electrons. The van der Waals surface area contributed by atoms with Crippen LogP contribution in [0.1, 0.15) is 24.1 Å². The summed E-state index contributed by atoms with van der Waals surface area (Å²) in [5.41, 5.74) is 0. The first kappa shape index (κ1) is 11.5. The molecule has 1 heterocycles. The van der Waals surface area contributed by atoms with Gasteiger partial charge in [-0.15, -0.1) is 17.9 Å². The molecule has 1 aromatic rings. The summed E-state index contributed by atoms with van der Waals surface area (Å²) in [5, 5.41) is 5.52. The van der Waals surface area contributed by atoms with E-state index in [2.05, 4.69) is 29.4 Å². The zero-order valence-electron chi connectivity index (χ0n) is 8.83. The minimum Gasteiger partial charge on any atom is -0.317 e. The van der Waals surface area contributed by atoms with E-state index in [1.165, 1.54) is 17.7 Å². The maximum atomic E-state index is 3.74. The lowest BCUT2D eigenvalue weighted by molar-refractivity contribution is 0.507. The number of rotatable bonds is 7. The fourth-order valence-electron chi connectivity index (χ4n) is 1.53. The van der Waals surface area contributed by atoms with Crippen molar-refractivity contribution >= 4 is 11.3 Å². The lowest BCUT2D eigenvalue weighted by Gasteiger charge is -2.14. The molecular weight excluding hydrogens is 190 g/mol. The Morgan fingerprint density at radius 1 is 1.64 bits per heavy atom. The molecule has 0 aliphatic rings. The van der Waals surface area contributed by atoms with E-state index < -0.39 is 0 Å². The molecule has 0 fully saturated rings. The Morgan fingerprint density at radius 2 is 2.50 bits per heavy atom. The molecule has 0 spiro atoms. The SMILES string of the molecule is C=CCCCC(Cc1cccs1)NC. The molecule has 0 amide bonds. The molecule has 1 nitrogen and oxygen atoms in total. The third-order valence-corrected chi connectivity index (χ3v) is 3.30. The normalized spacial score (nSPS) is 12.6. The van der Waals surface area contributed by atoms with Crippen LogP contribution in [0.5, 0.6) is 0 Å². The van der Waals surface area contributed by atoms with Crippen molar-refractivity contribution in [2.45, 2.75) is 31.7 Å². The minimum atomic E-state index is 0.619. The third kappa shape index (κ3) is 4.07. The van der Waals surface area contributed by atoms with Crippen LogP contribution in [-0.2, 0) is 6.42 Å². The largest absolute Gasteiger partial charge is 0.317 e. The predicted octanol–water partition coefficient (Wildman–Crippen LogP) is 3.23. The first-order chi connectivity index (χ1) is 6.86. The van der Waals surface area contributed by atoms with E-state index in [0.29, 0.717) is 6.04 Å². The summed E-state index contributed by atoms with van der Waals surface area (Å²) in [7, 11) is 2.05. The quantitative estimate of drug-likeness (QED) is 0.537. The lowest BCUT2D eigenvalue weighted by atomic mass is 10.1. The Hall–Kier alpha value is -0.600. The molecule has 1 N–H and O–H groups in total. The van der Waals surface area contributed by atoms with Gasteiger partial charge in [0.25, 0.3) is 0 Å². The molecular formula is C12H19NS. The molecule has 0 saturated heterocycles. The Kier molecular flexibility index (Phi) is 5.57. The molecule has 2 heteroatoms. The van der Waals surface area contributed by atoms with Crippen LogP contribution in [0, 0.1) is 0 Å². The maximum Gasteiger partial charge on any atom is 0.0112 e. The van der Waals surface area contributed by atoms with Crippen LogP contribution < -0.4 is 5.32 Å². The van der Waals surface area contributed by atoms with Gasteiger partial charge in [-0.05, 0) is 44.2 Å². The van der Waals surface area contributed by atoms with Crippen LogP contribution in [0.25, 0.3) is 0 Å². The highest BCUT2D eigenvalue weighted by molar-refractivity contribution is 7.09. The van der Waals surface area contributed by atoms with Crippen LogP contribution in [-0.4, -0.2) is 13.1 Å². The third-order valence-electron chi connectivity index (χ3n) is 2.40. The second-order valence-electron chi connectivity index (χ2n) is 3.49. The first-order valence-electron chi connectivity index (χ1n) is 5.17. The van der Waals surface area contributed by atoms with Gasteiger partial charge in [-0.1, -0.05) is 12.1 Å². The van der Waals surface area contributed by atoms with Crippen LogP contribution in [0.3, 0.4) is 0 Å². The van der Waals surface area contributed by atoms with Crippen LogP contribution in [0.15, 0.2) is 30.2 Å². The average Bonchev–Trinajstić information content (AvgIpc) is 2.69. The molecule has 1 atom stereocenters. The van der Waals surface area contributed by atoms with Crippen LogP contribution >= 0.6 is 11.3 Å². The molecule has 1 unspecified atom stereocenters. The van der Waals surface area contributed by atoms with E-state index in [1.807, 2.05) is 24.5 Å². The molecule has 0 aliphatic carbocycles. The van der Waals surface area contributed by atoms with Crippen LogP contribution in [0.2, 0.25) is 0 Å². The highest BCUT2D eigenvalue weighted by Crippen LogP contribution is 2.13. The molecule has 0 aliphatic heterocycles. The van der Waals surface area contributed by atoms with Gasteiger partial charge in [0.1, 0.15) is 0 Å². The van der Waals surface area contributed by atoms with E-state index in [4.69, 9.17) is 0 Å². The Labute approximate surface area is 90.9 Å². The topological polar surface area (TPSA) is 12.0 Å². The van der Waals surface area contributed by atoms with Crippen LogP contribution in [0.4, 0.5) is 0 Å². The Balaban J connectivity index is 2.28. The Bertz CT molecular complexity index is 241. The number of hydrogen-bond acceptors (Lipinski definition) is 2. The van der Waals surface area contributed by atoms with E-state index in [-0.39, 0.29) is 0 Å². The number of allylic oxidation sites excluding steroid dienone is 1. The predicted molar refractivity (Wildman–Crippen MR) is 64.9 cm³/mol. The summed E-state index contributed by atoms with van der Waals surface area (Å²) in [5.74, 6) is 0. The monoisotopic (exact) mass is 209 g/mol. The Morgan fingerprint density at radius 3 is 3.07 bits per heavy atom. The molecule has 1 rings (SSSR count). The molecule has 1 aromatic heterocycles.